The first-order valence-electron chi connectivity index (χ1n) is 15.0. The molecule has 0 aromatic heterocycles. The molecule has 4 aromatic carbocycles. The number of ether oxygens (including phenoxy) is 2. The van der Waals surface area contributed by atoms with E-state index in [-0.39, 0.29) is 30.9 Å². The molecular formula is C36H41N3O5. The van der Waals surface area contributed by atoms with Crippen LogP contribution in [0.25, 0.3) is 0 Å². The molecular weight excluding hydrogens is 554 g/mol. The van der Waals surface area contributed by atoms with Gasteiger partial charge in [0.2, 0.25) is 0 Å². The summed E-state index contributed by atoms with van der Waals surface area (Å²) in [5.74, 6) is 0. The van der Waals surface area contributed by atoms with Gasteiger partial charge in [-0.15, -0.1) is 0 Å². The SMILES string of the molecule is C[C@H]([C@@H](O)c1ccccc1)N(C)C[C@@H]1C[C@H](c2ccc(CO)cc2)O[C@H](c2cccc(NC(=O)NCc3ccccc3)c2)O1. The maximum atomic E-state index is 12.6. The number of amides is 2. The number of urea groups is 1. The number of anilines is 1. The zero-order valence-electron chi connectivity index (χ0n) is 25.2. The first-order chi connectivity index (χ1) is 21.4. The third-order valence-corrected chi connectivity index (χ3v) is 8.11. The predicted molar refractivity (Wildman–Crippen MR) is 171 cm³/mol. The van der Waals surface area contributed by atoms with Gasteiger partial charge < -0.3 is 30.3 Å². The molecule has 0 spiro atoms. The van der Waals surface area contributed by atoms with E-state index in [0.717, 1.165) is 27.8 Å². The normalized spacial score (nSPS) is 19.7. The largest absolute Gasteiger partial charge is 0.392 e. The van der Waals surface area contributed by atoms with Crippen LogP contribution in [0.15, 0.2) is 109 Å². The minimum Gasteiger partial charge on any atom is -0.392 e. The van der Waals surface area contributed by atoms with E-state index in [1.54, 1.807) is 0 Å². The van der Waals surface area contributed by atoms with Crippen LogP contribution in [-0.4, -0.2) is 46.9 Å². The van der Waals surface area contributed by atoms with Crippen LogP contribution in [0.5, 0.6) is 0 Å². The van der Waals surface area contributed by atoms with Crippen LogP contribution in [0.2, 0.25) is 0 Å². The average molecular weight is 596 g/mol. The lowest BCUT2D eigenvalue weighted by molar-refractivity contribution is -0.253. The molecule has 1 aliphatic heterocycles. The number of hydrogen-bond acceptors (Lipinski definition) is 6. The standard InChI is InChI=1S/C36H41N3O5/c1-25(34(41)29-12-7-4-8-13-29)39(2)23-32-21-33(28-18-16-27(24-40)17-19-28)44-35(43-32)30-14-9-15-31(20-30)38-36(42)37-22-26-10-5-3-6-11-26/h3-20,25,32-35,40-41H,21-24H2,1-2H3,(H2,37,38,42)/t25-,32+,33-,34-,35-/m1/s1. The summed E-state index contributed by atoms with van der Waals surface area (Å²) in [5.41, 5.74) is 5.13. The molecule has 0 bridgehead atoms. The third-order valence-electron chi connectivity index (χ3n) is 8.11. The first-order valence-corrected chi connectivity index (χ1v) is 15.0. The molecule has 1 fully saturated rings. The molecule has 4 N–H and O–H groups in total. The fourth-order valence-corrected chi connectivity index (χ4v) is 5.41. The van der Waals surface area contributed by atoms with Crippen molar-refractivity contribution >= 4 is 11.7 Å². The van der Waals surface area contributed by atoms with Gasteiger partial charge in [0.15, 0.2) is 6.29 Å². The Balaban J connectivity index is 1.30. The Morgan fingerprint density at radius 2 is 1.59 bits per heavy atom. The highest BCUT2D eigenvalue weighted by Gasteiger charge is 2.34. The first kappa shape index (κ1) is 31.4. The van der Waals surface area contributed by atoms with Gasteiger partial charge in [-0.2, -0.15) is 0 Å². The van der Waals surface area contributed by atoms with Crippen LogP contribution in [0.3, 0.4) is 0 Å². The van der Waals surface area contributed by atoms with Crippen molar-refractivity contribution in [3.05, 3.63) is 137 Å². The Morgan fingerprint density at radius 1 is 0.886 bits per heavy atom. The number of rotatable bonds is 11. The van der Waals surface area contributed by atoms with Gasteiger partial charge in [-0.1, -0.05) is 97.1 Å². The van der Waals surface area contributed by atoms with E-state index in [4.69, 9.17) is 9.47 Å². The Hall–Kier alpha value is -4.05. The van der Waals surface area contributed by atoms with E-state index >= 15 is 0 Å². The minimum absolute atomic E-state index is 0.0225. The summed E-state index contributed by atoms with van der Waals surface area (Å²) in [6.07, 6.45) is -1.15. The molecule has 1 heterocycles. The second kappa shape index (κ2) is 15.1. The van der Waals surface area contributed by atoms with Gasteiger partial charge in [-0.25, -0.2) is 4.79 Å². The number of nitrogens with zero attached hydrogens (tertiary/aromatic N) is 1. The van der Waals surface area contributed by atoms with Gasteiger partial charge in [0.05, 0.1) is 24.9 Å². The van der Waals surface area contributed by atoms with Crippen molar-refractivity contribution in [3.8, 4) is 0 Å². The van der Waals surface area contributed by atoms with Crippen molar-refractivity contribution in [2.45, 2.75) is 57.1 Å². The second-order valence-corrected chi connectivity index (χ2v) is 11.3. The highest BCUT2D eigenvalue weighted by atomic mass is 16.7. The van der Waals surface area contributed by atoms with Gasteiger partial charge in [-0.05, 0) is 48.4 Å². The summed E-state index contributed by atoms with van der Waals surface area (Å²) >= 11 is 0. The van der Waals surface area contributed by atoms with Gasteiger partial charge in [0, 0.05) is 36.8 Å². The zero-order valence-corrected chi connectivity index (χ0v) is 25.2. The quantitative estimate of drug-likeness (QED) is 0.167. The number of nitrogens with one attached hydrogen (secondary N) is 2. The molecule has 1 saturated heterocycles. The smallest absolute Gasteiger partial charge is 0.319 e. The molecule has 0 saturated carbocycles. The summed E-state index contributed by atoms with van der Waals surface area (Å²) < 4.78 is 13.0. The molecule has 230 valence electrons. The number of aliphatic hydroxyl groups is 2. The summed E-state index contributed by atoms with van der Waals surface area (Å²) in [4.78, 5) is 14.7. The third kappa shape index (κ3) is 8.31. The predicted octanol–water partition coefficient (Wildman–Crippen LogP) is 6.10. The lowest BCUT2D eigenvalue weighted by Gasteiger charge is -2.39. The van der Waals surface area contributed by atoms with Gasteiger partial charge in [0.1, 0.15) is 0 Å². The lowest BCUT2D eigenvalue weighted by atomic mass is 9.98. The van der Waals surface area contributed by atoms with Crippen LogP contribution >= 0.6 is 0 Å². The number of aliphatic hydroxyl groups excluding tert-OH is 2. The molecule has 8 heteroatoms. The lowest BCUT2D eigenvalue weighted by Crippen LogP contribution is -2.43. The highest BCUT2D eigenvalue weighted by molar-refractivity contribution is 5.89. The molecule has 44 heavy (non-hydrogen) atoms. The van der Waals surface area contributed by atoms with Crippen molar-refractivity contribution in [3.63, 3.8) is 0 Å². The van der Waals surface area contributed by atoms with Crippen LogP contribution in [0.1, 0.15) is 59.7 Å². The van der Waals surface area contributed by atoms with Crippen LogP contribution < -0.4 is 10.6 Å². The summed E-state index contributed by atoms with van der Waals surface area (Å²) in [5, 5.41) is 26.4. The van der Waals surface area contributed by atoms with E-state index in [2.05, 4.69) is 15.5 Å². The number of hydrogen-bond donors (Lipinski definition) is 4. The van der Waals surface area contributed by atoms with Crippen LogP contribution in [0, 0.1) is 0 Å². The monoisotopic (exact) mass is 595 g/mol. The topological polar surface area (TPSA) is 103 Å². The van der Waals surface area contributed by atoms with Crippen molar-refractivity contribution < 1.29 is 24.5 Å². The zero-order chi connectivity index (χ0) is 30.9. The van der Waals surface area contributed by atoms with Crippen LogP contribution in [-0.2, 0) is 22.6 Å². The average Bonchev–Trinajstić information content (AvgIpc) is 3.07. The van der Waals surface area contributed by atoms with Crippen LogP contribution in [0.4, 0.5) is 10.5 Å². The molecule has 0 unspecified atom stereocenters. The molecule has 0 radical (unpaired) electrons. The summed E-state index contributed by atoms with van der Waals surface area (Å²) in [7, 11) is 1.99. The van der Waals surface area contributed by atoms with Gasteiger partial charge >= 0.3 is 6.03 Å². The minimum atomic E-state index is -0.673. The fourth-order valence-electron chi connectivity index (χ4n) is 5.41. The fraction of sp³-hybridized carbons (Fsp3) is 0.306. The Labute approximate surface area is 259 Å². The number of carbonyl (C=O) groups excluding carboxylic acids is 1. The second-order valence-electron chi connectivity index (χ2n) is 11.3. The Bertz CT molecular complexity index is 1470. The van der Waals surface area contributed by atoms with Gasteiger partial charge in [0.25, 0.3) is 0 Å². The maximum absolute atomic E-state index is 12.6. The number of benzene rings is 4. The van der Waals surface area contributed by atoms with E-state index in [1.165, 1.54) is 0 Å². The molecule has 2 amide bonds. The van der Waals surface area contributed by atoms with E-state index in [0.29, 0.717) is 25.2 Å². The van der Waals surface area contributed by atoms with Crippen molar-refractivity contribution in [2.75, 3.05) is 18.9 Å². The molecule has 8 nitrogen and oxygen atoms in total. The molecule has 0 aliphatic carbocycles. The molecule has 5 rings (SSSR count). The summed E-state index contributed by atoms with van der Waals surface area (Å²) in [6, 6.07) is 34.2. The number of likely N-dealkylation sites (N-methyl/N-ethyl adjacent to an activating group) is 1. The molecule has 1 aliphatic rings. The summed E-state index contributed by atoms with van der Waals surface area (Å²) in [6.45, 7) is 2.99. The van der Waals surface area contributed by atoms with E-state index in [1.807, 2.05) is 123 Å². The van der Waals surface area contributed by atoms with Crippen molar-refractivity contribution in [1.29, 1.82) is 0 Å². The van der Waals surface area contributed by atoms with E-state index in [9.17, 15) is 15.0 Å². The number of carbonyl (C=O) groups is 1. The van der Waals surface area contributed by atoms with Gasteiger partial charge in [-0.3, -0.25) is 4.90 Å². The Morgan fingerprint density at radius 3 is 2.30 bits per heavy atom. The molecule has 4 aromatic rings. The van der Waals surface area contributed by atoms with Crippen molar-refractivity contribution in [2.24, 2.45) is 0 Å². The maximum Gasteiger partial charge on any atom is 0.319 e. The van der Waals surface area contributed by atoms with Crippen molar-refractivity contribution in [1.82, 2.24) is 10.2 Å². The van der Waals surface area contributed by atoms with E-state index < -0.39 is 12.4 Å². The molecule has 5 atom stereocenters. The highest BCUT2D eigenvalue weighted by Crippen LogP contribution is 2.39. The Kier molecular flexibility index (Phi) is 10.8.